The van der Waals surface area contributed by atoms with E-state index in [1.54, 1.807) is 0 Å². The molecule has 1 aromatic heterocycles. The Morgan fingerprint density at radius 3 is 2.90 bits per heavy atom. The fourth-order valence-corrected chi connectivity index (χ4v) is 3.24. The van der Waals surface area contributed by atoms with Crippen LogP contribution in [-0.4, -0.2) is 33.4 Å². The van der Waals surface area contributed by atoms with Gasteiger partial charge in [0.15, 0.2) is 0 Å². The molecule has 0 spiro atoms. The number of likely N-dealkylation sites (N-methyl/N-ethyl adjacent to an activating group) is 1. The highest BCUT2D eigenvalue weighted by Crippen LogP contribution is 2.31. The summed E-state index contributed by atoms with van der Waals surface area (Å²) in [4.78, 5) is 18.7. The van der Waals surface area contributed by atoms with E-state index in [-0.39, 0.29) is 11.8 Å². The van der Waals surface area contributed by atoms with Gasteiger partial charge in [0, 0.05) is 29.9 Å². The first kappa shape index (κ1) is 14.3. The van der Waals surface area contributed by atoms with E-state index in [1.165, 1.54) is 0 Å². The number of hydrogen-bond donors (Lipinski definition) is 0. The number of halogens is 1. The summed E-state index contributed by atoms with van der Waals surface area (Å²) in [6.45, 7) is 8.15. The number of allylic oxidation sites excluding steroid dienone is 1. The average molecular weight is 348 g/mol. The van der Waals surface area contributed by atoms with E-state index in [4.69, 9.17) is 4.98 Å². The highest BCUT2D eigenvalue weighted by atomic mass is 79.9. The molecule has 5 heteroatoms. The number of carbonyl (C=O) groups is 1. The van der Waals surface area contributed by atoms with Gasteiger partial charge in [-0.2, -0.15) is 0 Å². The number of imidazole rings is 1. The molecule has 0 radical (unpaired) electrons. The minimum absolute atomic E-state index is 0.164. The standard InChI is InChI=1S/C16H18BrN3O/c1-3-19-10-12(8-15(19)21)16-18-13-6-4-5-7-14(13)20(16)9-11(2)17/h4-7,12H,2-3,8-10H2,1H3. The van der Waals surface area contributed by atoms with E-state index < -0.39 is 0 Å². The lowest BCUT2D eigenvalue weighted by atomic mass is 10.1. The fraction of sp³-hybridized carbons (Fsp3) is 0.375. The van der Waals surface area contributed by atoms with Crippen LogP contribution in [0.1, 0.15) is 25.1 Å². The van der Waals surface area contributed by atoms with E-state index in [1.807, 2.05) is 30.0 Å². The highest BCUT2D eigenvalue weighted by Gasteiger charge is 2.33. The number of benzene rings is 1. The molecule has 21 heavy (non-hydrogen) atoms. The number of aromatic nitrogens is 2. The summed E-state index contributed by atoms with van der Waals surface area (Å²) >= 11 is 3.44. The largest absolute Gasteiger partial charge is 0.342 e. The van der Waals surface area contributed by atoms with Crippen molar-refractivity contribution >= 4 is 32.9 Å². The third kappa shape index (κ3) is 2.62. The second kappa shape index (κ2) is 5.64. The van der Waals surface area contributed by atoms with Gasteiger partial charge in [0.2, 0.25) is 5.91 Å². The van der Waals surface area contributed by atoms with Gasteiger partial charge >= 0.3 is 0 Å². The molecule has 2 heterocycles. The molecule has 1 aromatic carbocycles. The maximum atomic E-state index is 12.0. The molecule has 0 aliphatic carbocycles. The quantitative estimate of drug-likeness (QED) is 0.851. The number of carbonyl (C=O) groups excluding carboxylic acids is 1. The molecular weight excluding hydrogens is 330 g/mol. The van der Waals surface area contributed by atoms with Crippen molar-refractivity contribution in [3.05, 3.63) is 41.2 Å². The topological polar surface area (TPSA) is 38.1 Å². The van der Waals surface area contributed by atoms with Crippen LogP contribution in [0.3, 0.4) is 0 Å². The Hall–Kier alpha value is -1.62. The van der Waals surface area contributed by atoms with E-state index >= 15 is 0 Å². The summed E-state index contributed by atoms with van der Waals surface area (Å²) in [5, 5.41) is 0. The zero-order chi connectivity index (χ0) is 15.0. The summed E-state index contributed by atoms with van der Waals surface area (Å²) in [7, 11) is 0. The molecule has 1 atom stereocenters. The van der Waals surface area contributed by atoms with Crippen molar-refractivity contribution in [3.8, 4) is 0 Å². The van der Waals surface area contributed by atoms with Crippen LogP contribution in [0, 0.1) is 0 Å². The van der Waals surface area contributed by atoms with Crippen molar-refractivity contribution in [1.29, 1.82) is 0 Å². The smallest absolute Gasteiger partial charge is 0.223 e. The first-order valence-corrected chi connectivity index (χ1v) is 7.95. The Balaban J connectivity index is 2.05. The van der Waals surface area contributed by atoms with Crippen molar-refractivity contribution in [3.63, 3.8) is 0 Å². The minimum atomic E-state index is 0.164. The van der Waals surface area contributed by atoms with E-state index in [2.05, 4.69) is 33.1 Å². The molecule has 4 nitrogen and oxygen atoms in total. The van der Waals surface area contributed by atoms with E-state index in [0.29, 0.717) is 13.0 Å². The van der Waals surface area contributed by atoms with Crippen LogP contribution >= 0.6 is 15.9 Å². The molecule has 110 valence electrons. The third-order valence-electron chi connectivity index (χ3n) is 3.98. The maximum absolute atomic E-state index is 12.0. The van der Waals surface area contributed by atoms with Gasteiger partial charge < -0.3 is 9.47 Å². The number of fused-ring (bicyclic) bond motifs is 1. The number of amides is 1. The zero-order valence-corrected chi connectivity index (χ0v) is 13.6. The van der Waals surface area contributed by atoms with Gasteiger partial charge in [0.05, 0.1) is 17.6 Å². The Kier molecular flexibility index (Phi) is 3.85. The van der Waals surface area contributed by atoms with Gasteiger partial charge in [0.1, 0.15) is 5.82 Å². The number of para-hydroxylation sites is 2. The van der Waals surface area contributed by atoms with Gasteiger partial charge in [-0.05, 0) is 19.1 Å². The van der Waals surface area contributed by atoms with Crippen molar-refractivity contribution in [1.82, 2.24) is 14.5 Å². The molecular formula is C16H18BrN3O. The van der Waals surface area contributed by atoms with Crippen LogP contribution in [0.2, 0.25) is 0 Å². The van der Waals surface area contributed by atoms with Gasteiger partial charge in [-0.25, -0.2) is 4.98 Å². The van der Waals surface area contributed by atoms with Crippen LogP contribution in [-0.2, 0) is 11.3 Å². The molecule has 3 rings (SSSR count). The van der Waals surface area contributed by atoms with Gasteiger partial charge in [-0.15, -0.1) is 0 Å². The normalized spacial score (nSPS) is 18.7. The lowest BCUT2D eigenvalue weighted by molar-refractivity contribution is -0.127. The van der Waals surface area contributed by atoms with Crippen molar-refractivity contribution in [2.75, 3.05) is 13.1 Å². The van der Waals surface area contributed by atoms with Gasteiger partial charge in [-0.1, -0.05) is 34.6 Å². The average Bonchev–Trinajstić information content (AvgIpc) is 2.99. The maximum Gasteiger partial charge on any atom is 0.223 e. The number of hydrogen-bond acceptors (Lipinski definition) is 2. The van der Waals surface area contributed by atoms with Crippen molar-refractivity contribution < 1.29 is 4.79 Å². The second-order valence-corrected chi connectivity index (χ2v) is 6.52. The molecule has 0 bridgehead atoms. The Morgan fingerprint density at radius 2 is 2.24 bits per heavy atom. The van der Waals surface area contributed by atoms with Gasteiger partial charge in [0.25, 0.3) is 0 Å². The van der Waals surface area contributed by atoms with Crippen LogP contribution in [0.25, 0.3) is 11.0 Å². The zero-order valence-electron chi connectivity index (χ0n) is 12.1. The minimum Gasteiger partial charge on any atom is -0.342 e. The summed E-state index contributed by atoms with van der Waals surface area (Å²) in [6.07, 6.45) is 0.548. The summed E-state index contributed by atoms with van der Waals surface area (Å²) in [5.41, 5.74) is 2.07. The Morgan fingerprint density at radius 1 is 1.48 bits per heavy atom. The van der Waals surface area contributed by atoms with E-state index in [0.717, 1.165) is 34.4 Å². The summed E-state index contributed by atoms with van der Waals surface area (Å²) in [5.74, 6) is 1.37. The predicted octanol–water partition coefficient (Wildman–Crippen LogP) is 3.28. The molecule has 1 amide bonds. The summed E-state index contributed by atoms with van der Waals surface area (Å²) < 4.78 is 3.08. The van der Waals surface area contributed by atoms with Crippen LogP contribution in [0.5, 0.6) is 0 Å². The molecule has 1 aliphatic rings. The molecule has 1 aliphatic heterocycles. The van der Waals surface area contributed by atoms with Crippen LogP contribution in [0.4, 0.5) is 0 Å². The number of rotatable bonds is 4. The number of likely N-dealkylation sites (tertiary alicyclic amines) is 1. The van der Waals surface area contributed by atoms with Crippen LogP contribution in [0.15, 0.2) is 35.3 Å². The van der Waals surface area contributed by atoms with Crippen LogP contribution < -0.4 is 0 Å². The molecule has 1 saturated heterocycles. The van der Waals surface area contributed by atoms with Gasteiger partial charge in [-0.3, -0.25) is 4.79 Å². The lowest BCUT2D eigenvalue weighted by Crippen LogP contribution is -2.24. The predicted molar refractivity (Wildman–Crippen MR) is 87.4 cm³/mol. The lowest BCUT2D eigenvalue weighted by Gasteiger charge is -2.15. The first-order chi connectivity index (χ1) is 10.1. The second-order valence-electron chi connectivity index (χ2n) is 5.40. The number of nitrogens with zero attached hydrogens (tertiary/aromatic N) is 3. The monoisotopic (exact) mass is 347 g/mol. The van der Waals surface area contributed by atoms with Crippen molar-refractivity contribution in [2.45, 2.75) is 25.8 Å². The first-order valence-electron chi connectivity index (χ1n) is 7.16. The summed E-state index contributed by atoms with van der Waals surface area (Å²) in [6, 6.07) is 8.08. The highest BCUT2D eigenvalue weighted by molar-refractivity contribution is 9.11. The molecule has 0 N–H and O–H groups in total. The van der Waals surface area contributed by atoms with Crippen molar-refractivity contribution in [2.24, 2.45) is 0 Å². The Labute approximate surface area is 132 Å². The Bertz CT molecular complexity index is 707. The molecule has 1 unspecified atom stereocenters. The van der Waals surface area contributed by atoms with E-state index in [9.17, 15) is 4.79 Å². The molecule has 2 aromatic rings. The fourth-order valence-electron chi connectivity index (χ4n) is 2.99. The third-order valence-corrected chi connectivity index (χ3v) is 4.23. The molecule has 0 saturated carbocycles. The SMILES string of the molecule is C=C(Br)Cn1c(C2CC(=O)N(CC)C2)nc2ccccc21. The molecule has 1 fully saturated rings.